The van der Waals surface area contributed by atoms with Crippen LogP contribution in [-0.4, -0.2) is 38.8 Å². The first kappa shape index (κ1) is 22.9. The van der Waals surface area contributed by atoms with Gasteiger partial charge in [0.05, 0.1) is 17.9 Å². The molecule has 0 fully saturated rings. The van der Waals surface area contributed by atoms with E-state index in [2.05, 4.69) is 5.32 Å². The number of hydrogen-bond donors (Lipinski definition) is 1. The second-order valence-corrected chi connectivity index (χ2v) is 9.16. The Bertz CT molecular complexity index is 924. The van der Waals surface area contributed by atoms with Crippen LogP contribution in [0.3, 0.4) is 0 Å². The summed E-state index contributed by atoms with van der Waals surface area (Å²) in [5.41, 5.74) is 2.68. The van der Waals surface area contributed by atoms with Gasteiger partial charge in [-0.05, 0) is 61.7 Å². The molecule has 7 heteroatoms. The first-order valence-corrected chi connectivity index (χ1v) is 11.2. The molecule has 0 aliphatic heterocycles. The van der Waals surface area contributed by atoms with Crippen molar-refractivity contribution in [1.82, 2.24) is 4.31 Å². The summed E-state index contributed by atoms with van der Waals surface area (Å²) in [6.07, 6.45) is 1.94. The van der Waals surface area contributed by atoms with Crippen LogP contribution in [0, 0.1) is 13.8 Å². The number of sulfonamides is 1. The van der Waals surface area contributed by atoms with Gasteiger partial charge in [-0.1, -0.05) is 25.5 Å². The molecule has 0 aliphatic rings. The molecule has 0 radical (unpaired) electrons. The van der Waals surface area contributed by atoms with E-state index < -0.39 is 10.0 Å². The van der Waals surface area contributed by atoms with Crippen LogP contribution in [0.25, 0.3) is 0 Å². The minimum Gasteiger partial charge on any atom is -0.493 e. The maximum absolute atomic E-state index is 12.5. The van der Waals surface area contributed by atoms with Crippen molar-refractivity contribution in [2.75, 3.05) is 25.5 Å². The third kappa shape index (κ3) is 6.58. The largest absolute Gasteiger partial charge is 0.493 e. The summed E-state index contributed by atoms with van der Waals surface area (Å²) in [6.45, 7) is 6.72. The van der Waals surface area contributed by atoms with E-state index in [1.165, 1.54) is 16.4 Å². The lowest BCUT2D eigenvalue weighted by molar-refractivity contribution is -0.116. The van der Waals surface area contributed by atoms with Crippen molar-refractivity contribution in [1.29, 1.82) is 0 Å². The zero-order valence-corrected chi connectivity index (χ0v) is 18.4. The van der Waals surface area contributed by atoms with Crippen LogP contribution in [0.4, 0.5) is 5.69 Å². The number of carbonyl (C=O) groups is 1. The number of aryl methyl sites for hydroxylation is 2. The predicted octanol–water partition coefficient (Wildman–Crippen LogP) is 4.13. The van der Waals surface area contributed by atoms with Gasteiger partial charge in [0, 0.05) is 19.3 Å². The molecule has 0 unspecified atom stereocenters. The summed E-state index contributed by atoms with van der Waals surface area (Å²) < 4.78 is 32.1. The molecule has 29 heavy (non-hydrogen) atoms. The predicted molar refractivity (Wildman–Crippen MR) is 116 cm³/mol. The molecule has 1 N–H and O–H groups in total. The number of rotatable bonds is 10. The number of amides is 1. The Labute approximate surface area is 173 Å². The van der Waals surface area contributed by atoms with Gasteiger partial charge in [-0.25, -0.2) is 12.7 Å². The molecule has 2 aromatic rings. The van der Waals surface area contributed by atoms with Crippen molar-refractivity contribution in [3.8, 4) is 5.75 Å². The fourth-order valence-corrected chi connectivity index (χ4v) is 3.94. The number of hydrogen-bond acceptors (Lipinski definition) is 4. The van der Waals surface area contributed by atoms with Gasteiger partial charge in [-0.2, -0.15) is 0 Å². The molecule has 0 spiro atoms. The summed E-state index contributed by atoms with van der Waals surface area (Å²) in [5.74, 6) is 0.588. The second kappa shape index (κ2) is 10.4. The van der Waals surface area contributed by atoms with Gasteiger partial charge in [0.2, 0.25) is 15.9 Å². The lowest BCUT2D eigenvalue weighted by atomic mass is 10.1. The van der Waals surface area contributed by atoms with E-state index >= 15 is 0 Å². The molecule has 0 atom stereocenters. The number of benzene rings is 2. The number of nitrogens with zero attached hydrogens (tertiary/aromatic N) is 1. The van der Waals surface area contributed by atoms with E-state index in [1.54, 1.807) is 19.2 Å². The van der Waals surface area contributed by atoms with Gasteiger partial charge in [0.15, 0.2) is 0 Å². The molecular formula is C22H30N2O4S. The van der Waals surface area contributed by atoms with E-state index in [9.17, 15) is 13.2 Å². The average molecular weight is 419 g/mol. The van der Waals surface area contributed by atoms with E-state index in [0.29, 0.717) is 12.2 Å². The van der Waals surface area contributed by atoms with Crippen molar-refractivity contribution in [2.24, 2.45) is 0 Å². The van der Waals surface area contributed by atoms with Gasteiger partial charge < -0.3 is 10.1 Å². The van der Waals surface area contributed by atoms with Crippen molar-refractivity contribution in [2.45, 2.75) is 44.9 Å². The Morgan fingerprint density at radius 1 is 1.10 bits per heavy atom. The highest BCUT2D eigenvalue weighted by Crippen LogP contribution is 2.20. The fraction of sp³-hybridized carbons (Fsp3) is 0.409. The Balaban J connectivity index is 1.88. The number of ether oxygens (including phenoxy) is 1. The monoisotopic (exact) mass is 418 g/mol. The Morgan fingerprint density at radius 3 is 2.45 bits per heavy atom. The quantitative estimate of drug-likeness (QED) is 0.629. The standard InChI is InChI=1S/C22H30N2O4S/c1-5-6-14-24(4)29(26,27)20-11-9-19(10-12-20)23-22(25)13-15-28-21-16-17(2)7-8-18(21)3/h7-12,16H,5-6,13-15H2,1-4H3,(H,23,25). The third-order valence-corrected chi connectivity index (χ3v) is 6.47. The van der Waals surface area contributed by atoms with E-state index in [-0.39, 0.29) is 23.8 Å². The van der Waals surface area contributed by atoms with Crippen LogP contribution in [-0.2, 0) is 14.8 Å². The molecule has 2 aromatic carbocycles. The van der Waals surface area contributed by atoms with Crippen LogP contribution in [0.1, 0.15) is 37.3 Å². The van der Waals surface area contributed by atoms with Crippen LogP contribution in [0.5, 0.6) is 5.75 Å². The van der Waals surface area contributed by atoms with Gasteiger partial charge in [0.1, 0.15) is 5.75 Å². The highest BCUT2D eigenvalue weighted by Gasteiger charge is 2.20. The van der Waals surface area contributed by atoms with Gasteiger partial charge in [0.25, 0.3) is 0 Å². The van der Waals surface area contributed by atoms with Gasteiger partial charge in [-0.3, -0.25) is 4.79 Å². The SMILES string of the molecule is CCCCN(C)S(=O)(=O)c1ccc(NC(=O)CCOc2cc(C)ccc2C)cc1. The zero-order chi connectivity index (χ0) is 21.4. The lowest BCUT2D eigenvalue weighted by Crippen LogP contribution is -2.27. The Hall–Kier alpha value is -2.38. The number of anilines is 1. The van der Waals surface area contributed by atoms with E-state index in [1.807, 2.05) is 39.0 Å². The normalized spacial score (nSPS) is 11.5. The molecule has 158 valence electrons. The van der Waals surface area contributed by atoms with Gasteiger partial charge in [-0.15, -0.1) is 0 Å². The fourth-order valence-electron chi connectivity index (χ4n) is 2.73. The number of nitrogens with one attached hydrogen (secondary N) is 1. The summed E-state index contributed by atoms with van der Waals surface area (Å²) in [4.78, 5) is 12.4. The number of unbranched alkanes of at least 4 members (excludes halogenated alkanes) is 1. The summed E-state index contributed by atoms with van der Waals surface area (Å²) in [7, 11) is -1.93. The average Bonchev–Trinajstić information content (AvgIpc) is 2.69. The minimum atomic E-state index is -3.51. The molecule has 2 rings (SSSR count). The molecular weight excluding hydrogens is 388 g/mol. The van der Waals surface area contributed by atoms with Crippen LogP contribution >= 0.6 is 0 Å². The molecule has 0 heterocycles. The van der Waals surface area contributed by atoms with Crippen molar-refractivity contribution in [3.05, 3.63) is 53.6 Å². The van der Waals surface area contributed by atoms with Crippen molar-refractivity contribution in [3.63, 3.8) is 0 Å². The Kier molecular flexibility index (Phi) is 8.22. The maximum atomic E-state index is 12.5. The lowest BCUT2D eigenvalue weighted by Gasteiger charge is -2.17. The summed E-state index contributed by atoms with van der Waals surface area (Å²) >= 11 is 0. The molecule has 0 saturated heterocycles. The smallest absolute Gasteiger partial charge is 0.242 e. The van der Waals surface area contributed by atoms with E-state index in [4.69, 9.17) is 4.74 Å². The minimum absolute atomic E-state index is 0.189. The Morgan fingerprint density at radius 2 is 1.79 bits per heavy atom. The van der Waals surface area contributed by atoms with Crippen LogP contribution in [0.15, 0.2) is 47.4 Å². The first-order chi connectivity index (χ1) is 13.7. The van der Waals surface area contributed by atoms with Crippen LogP contribution < -0.4 is 10.1 Å². The second-order valence-electron chi connectivity index (χ2n) is 7.12. The van der Waals surface area contributed by atoms with Crippen LogP contribution in [0.2, 0.25) is 0 Å². The molecule has 1 amide bonds. The summed E-state index contributed by atoms with van der Waals surface area (Å²) in [6, 6.07) is 12.2. The van der Waals surface area contributed by atoms with Crippen molar-refractivity contribution < 1.29 is 17.9 Å². The third-order valence-electron chi connectivity index (χ3n) is 4.60. The zero-order valence-electron chi connectivity index (χ0n) is 17.6. The van der Waals surface area contributed by atoms with Crippen molar-refractivity contribution >= 4 is 21.6 Å². The summed E-state index contributed by atoms with van der Waals surface area (Å²) in [5, 5.41) is 2.77. The topological polar surface area (TPSA) is 75.7 Å². The van der Waals surface area contributed by atoms with Gasteiger partial charge >= 0.3 is 0 Å². The highest BCUT2D eigenvalue weighted by atomic mass is 32.2. The molecule has 0 aromatic heterocycles. The molecule has 0 saturated carbocycles. The molecule has 0 bridgehead atoms. The highest BCUT2D eigenvalue weighted by molar-refractivity contribution is 7.89. The molecule has 0 aliphatic carbocycles. The molecule has 6 nitrogen and oxygen atoms in total. The maximum Gasteiger partial charge on any atom is 0.242 e. The number of carbonyl (C=O) groups excluding carboxylic acids is 1. The van der Waals surface area contributed by atoms with E-state index in [0.717, 1.165) is 29.7 Å². The first-order valence-electron chi connectivity index (χ1n) is 9.80.